The number of aromatic nitrogens is 1. The van der Waals surface area contributed by atoms with E-state index in [4.69, 9.17) is 21.8 Å². The van der Waals surface area contributed by atoms with Crippen molar-refractivity contribution in [2.24, 2.45) is 0 Å². The van der Waals surface area contributed by atoms with Crippen LogP contribution < -0.4 is 11.5 Å². The van der Waals surface area contributed by atoms with Crippen LogP contribution in [0, 0.1) is 5.82 Å². The van der Waals surface area contributed by atoms with Crippen molar-refractivity contribution in [3.63, 3.8) is 0 Å². The van der Waals surface area contributed by atoms with E-state index in [0.29, 0.717) is 27.4 Å². The molecule has 0 saturated carbocycles. The summed E-state index contributed by atoms with van der Waals surface area (Å²) in [6.07, 6.45) is 3.55. The summed E-state index contributed by atoms with van der Waals surface area (Å²) in [5.41, 5.74) is 7.85. The number of rotatable bonds is 2. The van der Waals surface area contributed by atoms with E-state index >= 15 is 0 Å². The molecule has 4 rings (SSSR count). The first-order valence-corrected chi connectivity index (χ1v) is 9.39. The predicted molar refractivity (Wildman–Crippen MR) is 107 cm³/mol. The van der Waals surface area contributed by atoms with Crippen molar-refractivity contribution in [1.29, 1.82) is 0 Å². The largest absolute Gasteiger partial charge is 0.417 e. The first-order chi connectivity index (χ1) is 13.4. The van der Waals surface area contributed by atoms with Gasteiger partial charge in [-0.1, -0.05) is 11.6 Å². The number of halogens is 2. The van der Waals surface area contributed by atoms with Gasteiger partial charge in [-0.05, 0) is 55.2 Å². The first kappa shape index (κ1) is 19.9. The number of nitrogens with two attached hydrogens (primary N) is 1. The lowest BCUT2D eigenvalue weighted by Crippen LogP contribution is -2.36. The summed E-state index contributed by atoms with van der Waals surface area (Å²) in [4.78, 5) is 26.9. The van der Waals surface area contributed by atoms with Gasteiger partial charge in [-0.25, -0.2) is 9.18 Å². The molecule has 8 heteroatoms. The first-order valence-electron chi connectivity index (χ1n) is 9.02. The molecule has 1 amide bonds. The summed E-state index contributed by atoms with van der Waals surface area (Å²) < 4.78 is 17.9. The molecule has 0 atom stereocenters. The number of aromatic amines is 1. The molecule has 0 radical (unpaired) electrons. The van der Waals surface area contributed by atoms with E-state index < -0.39 is 5.76 Å². The summed E-state index contributed by atoms with van der Waals surface area (Å²) in [5.74, 6) is -0.782. The second kappa shape index (κ2) is 8.93. The molecule has 3 N–H and O–H groups in total. The molecule has 0 bridgehead atoms. The lowest BCUT2D eigenvalue weighted by molar-refractivity contribution is -0.131. The van der Waals surface area contributed by atoms with E-state index in [-0.39, 0.29) is 18.1 Å². The molecule has 28 heavy (non-hydrogen) atoms. The van der Waals surface area contributed by atoms with E-state index in [9.17, 15) is 14.0 Å². The van der Waals surface area contributed by atoms with E-state index in [1.54, 1.807) is 24.3 Å². The van der Waals surface area contributed by atoms with Crippen molar-refractivity contribution in [2.75, 3.05) is 18.8 Å². The monoisotopic (exact) mass is 405 g/mol. The van der Waals surface area contributed by atoms with Crippen molar-refractivity contribution < 1.29 is 13.6 Å². The lowest BCUT2D eigenvalue weighted by atomic mass is 10.1. The maximum absolute atomic E-state index is 13.1. The molecule has 2 aromatic carbocycles. The third kappa shape index (κ3) is 5.36. The van der Waals surface area contributed by atoms with Crippen LogP contribution >= 0.6 is 11.6 Å². The van der Waals surface area contributed by atoms with Crippen molar-refractivity contribution in [3.05, 3.63) is 63.4 Å². The highest BCUT2D eigenvalue weighted by Gasteiger charge is 2.17. The average Bonchev–Trinajstić information content (AvgIpc) is 3.01. The Morgan fingerprint density at radius 1 is 1.18 bits per heavy atom. The van der Waals surface area contributed by atoms with Crippen molar-refractivity contribution >= 4 is 34.3 Å². The Bertz CT molecular complexity index is 1000. The van der Waals surface area contributed by atoms with Crippen LogP contribution in [-0.4, -0.2) is 28.9 Å². The number of amides is 1. The summed E-state index contributed by atoms with van der Waals surface area (Å²) in [7, 11) is 0. The van der Waals surface area contributed by atoms with E-state index in [1.807, 2.05) is 4.90 Å². The number of nitrogen functional groups attached to an aromatic ring is 1. The van der Waals surface area contributed by atoms with Crippen LogP contribution in [0.5, 0.6) is 0 Å². The molecule has 3 aromatic rings. The quantitative estimate of drug-likeness (QED) is 0.635. The molecule has 1 aliphatic heterocycles. The topological polar surface area (TPSA) is 92.3 Å². The van der Waals surface area contributed by atoms with Crippen LogP contribution in [0.1, 0.15) is 24.8 Å². The Hall–Kier alpha value is -2.80. The SMILES string of the molecule is Nc1ccc2[nH]c(=O)oc2c1.O=C(Cc1cc(F)cc(Cl)c1)N1CCCCC1. The lowest BCUT2D eigenvalue weighted by Gasteiger charge is -2.26. The fourth-order valence-corrected chi connectivity index (χ4v) is 3.35. The zero-order chi connectivity index (χ0) is 20.1. The molecule has 0 aliphatic carbocycles. The molecule has 0 spiro atoms. The second-order valence-electron chi connectivity index (χ2n) is 6.67. The van der Waals surface area contributed by atoms with Gasteiger partial charge in [0.25, 0.3) is 0 Å². The van der Waals surface area contributed by atoms with Gasteiger partial charge in [0.2, 0.25) is 5.91 Å². The number of oxazole rings is 1. The van der Waals surface area contributed by atoms with Crippen molar-refractivity contribution in [2.45, 2.75) is 25.7 Å². The van der Waals surface area contributed by atoms with Gasteiger partial charge in [-0.2, -0.15) is 0 Å². The van der Waals surface area contributed by atoms with Crippen LogP contribution in [0.2, 0.25) is 5.02 Å². The fourth-order valence-electron chi connectivity index (χ4n) is 3.10. The smallest absolute Gasteiger partial charge is 0.408 e. The number of carbonyl (C=O) groups excluding carboxylic acids is 1. The maximum atomic E-state index is 13.1. The summed E-state index contributed by atoms with van der Waals surface area (Å²) in [6, 6.07) is 9.27. The van der Waals surface area contributed by atoms with Gasteiger partial charge >= 0.3 is 5.76 Å². The van der Waals surface area contributed by atoms with Crippen LogP contribution in [0.4, 0.5) is 10.1 Å². The number of piperidine rings is 1. The minimum atomic E-state index is -0.453. The van der Waals surface area contributed by atoms with Crippen LogP contribution in [0.25, 0.3) is 11.1 Å². The number of fused-ring (bicyclic) bond motifs is 1. The molecule has 1 fully saturated rings. The number of benzene rings is 2. The zero-order valence-electron chi connectivity index (χ0n) is 15.2. The molecule has 0 unspecified atom stereocenters. The minimum Gasteiger partial charge on any atom is -0.408 e. The van der Waals surface area contributed by atoms with Gasteiger partial charge in [-0.15, -0.1) is 0 Å². The highest BCUT2D eigenvalue weighted by molar-refractivity contribution is 6.30. The van der Waals surface area contributed by atoms with Gasteiger partial charge in [0.1, 0.15) is 5.82 Å². The van der Waals surface area contributed by atoms with Gasteiger partial charge in [0.05, 0.1) is 11.9 Å². The zero-order valence-corrected chi connectivity index (χ0v) is 16.0. The number of carbonyl (C=O) groups is 1. The highest BCUT2D eigenvalue weighted by atomic mass is 35.5. The van der Waals surface area contributed by atoms with E-state index in [0.717, 1.165) is 25.9 Å². The third-order valence-electron chi connectivity index (χ3n) is 4.43. The number of hydrogen-bond donors (Lipinski definition) is 2. The maximum Gasteiger partial charge on any atom is 0.417 e. The molecule has 1 saturated heterocycles. The second-order valence-corrected chi connectivity index (χ2v) is 7.10. The number of nitrogens with one attached hydrogen (secondary N) is 1. The Kier molecular flexibility index (Phi) is 6.36. The molecular weight excluding hydrogens is 385 g/mol. The third-order valence-corrected chi connectivity index (χ3v) is 4.65. The standard InChI is InChI=1S/C13H15ClFNO.C7H6N2O2/c14-11-6-10(7-12(15)9-11)8-13(17)16-4-2-1-3-5-16;8-4-1-2-5-6(3-4)11-7(10)9-5/h6-7,9H,1-5,8H2;1-3H,8H2,(H,9,10). The summed E-state index contributed by atoms with van der Waals surface area (Å²) >= 11 is 5.75. The minimum absolute atomic E-state index is 0.0615. The van der Waals surface area contributed by atoms with Gasteiger partial charge in [0, 0.05) is 29.9 Å². The summed E-state index contributed by atoms with van der Waals surface area (Å²) in [6.45, 7) is 1.64. The Labute approximate surface area is 166 Å². The average molecular weight is 406 g/mol. The number of anilines is 1. The summed E-state index contributed by atoms with van der Waals surface area (Å²) in [5, 5.41) is 0.339. The fraction of sp³-hybridized carbons (Fsp3) is 0.300. The molecule has 1 aliphatic rings. The molecular formula is C20H21ClFN3O3. The molecule has 1 aromatic heterocycles. The van der Waals surface area contributed by atoms with Crippen LogP contribution in [0.15, 0.2) is 45.6 Å². The van der Waals surface area contributed by atoms with Crippen LogP contribution in [0.3, 0.4) is 0 Å². The number of nitrogens with zero attached hydrogens (tertiary/aromatic N) is 1. The number of likely N-dealkylation sites (tertiary alicyclic amines) is 1. The van der Waals surface area contributed by atoms with Crippen molar-refractivity contribution in [3.8, 4) is 0 Å². The molecule has 2 heterocycles. The van der Waals surface area contributed by atoms with E-state index in [1.165, 1.54) is 18.6 Å². The molecule has 6 nitrogen and oxygen atoms in total. The number of hydrogen-bond acceptors (Lipinski definition) is 4. The van der Waals surface area contributed by atoms with Gasteiger partial charge in [-0.3, -0.25) is 9.78 Å². The number of H-pyrrole nitrogens is 1. The Morgan fingerprint density at radius 2 is 1.93 bits per heavy atom. The van der Waals surface area contributed by atoms with Gasteiger partial charge < -0.3 is 15.1 Å². The van der Waals surface area contributed by atoms with Crippen molar-refractivity contribution in [1.82, 2.24) is 9.88 Å². The van der Waals surface area contributed by atoms with Crippen LogP contribution in [-0.2, 0) is 11.2 Å². The highest BCUT2D eigenvalue weighted by Crippen LogP contribution is 2.16. The Morgan fingerprint density at radius 3 is 2.64 bits per heavy atom. The Balaban J connectivity index is 0.000000176. The van der Waals surface area contributed by atoms with Gasteiger partial charge in [0.15, 0.2) is 5.58 Å². The van der Waals surface area contributed by atoms with E-state index in [2.05, 4.69) is 4.98 Å². The predicted octanol–water partition coefficient (Wildman–Crippen LogP) is 3.74. The normalized spacial score (nSPS) is 13.9. The molecule has 148 valence electrons.